The maximum absolute atomic E-state index is 12.9. The van der Waals surface area contributed by atoms with Crippen molar-refractivity contribution >= 4 is 5.78 Å². The molecular weight excluding hydrogens is 564 g/mol. The highest BCUT2D eigenvalue weighted by molar-refractivity contribution is 6.00. The SMILES string of the molecule is O=C1C[C@@H](c2ccc(O)c(OC3OC(CO)C(O)C(O)C3O)c2)Oc2cc(OC3OC(CO)C(O)C(O)C3O)ccc21. The van der Waals surface area contributed by atoms with E-state index >= 15 is 0 Å². The van der Waals surface area contributed by atoms with E-state index in [0.29, 0.717) is 5.56 Å². The Hall–Kier alpha value is -3.09. The number of benzene rings is 2. The summed E-state index contributed by atoms with van der Waals surface area (Å²) in [5.74, 6) is -0.649. The Bertz CT molecular complexity index is 1270. The van der Waals surface area contributed by atoms with Gasteiger partial charge in [-0.15, -0.1) is 0 Å². The lowest BCUT2D eigenvalue weighted by molar-refractivity contribution is -0.277. The van der Waals surface area contributed by atoms with Crippen molar-refractivity contribution in [3.8, 4) is 23.0 Å². The van der Waals surface area contributed by atoms with E-state index in [4.69, 9.17) is 23.7 Å². The zero-order valence-corrected chi connectivity index (χ0v) is 21.9. The number of aromatic hydroxyl groups is 1. The van der Waals surface area contributed by atoms with Gasteiger partial charge >= 0.3 is 0 Å². The second kappa shape index (κ2) is 12.3. The molecular formula is C27H32O15. The standard InChI is InChI=1S/C27H32O15/c28-8-18-20(32)22(34)24(36)26(41-18)38-11-2-3-12-14(31)7-15(39-16(12)6-11)10-1-4-13(30)17(5-10)40-27-25(37)23(35)21(33)19(9-29)42-27/h1-6,15,18-30,32-37H,7-9H2/t15-,18?,19?,20?,21?,22?,23?,24?,25?,26?,27?/m0/s1. The molecule has 0 aliphatic carbocycles. The van der Waals surface area contributed by atoms with E-state index < -0.39 is 80.7 Å². The van der Waals surface area contributed by atoms with E-state index in [1.54, 1.807) is 0 Å². The van der Waals surface area contributed by atoms with Gasteiger partial charge in [0, 0.05) is 6.07 Å². The van der Waals surface area contributed by atoms with Gasteiger partial charge in [0.2, 0.25) is 12.6 Å². The number of phenols is 1. The first-order valence-electron chi connectivity index (χ1n) is 13.1. The van der Waals surface area contributed by atoms with Crippen LogP contribution in [0, 0.1) is 0 Å². The molecule has 3 heterocycles. The molecule has 2 saturated heterocycles. The number of carbonyl (C=O) groups is 1. The number of fused-ring (bicyclic) bond motifs is 1. The molecule has 2 aromatic rings. The fourth-order valence-electron chi connectivity index (χ4n) is 4.98. The minimum Gasteiger partial charge on any atom is -0.504 e. The van der Waals surface area contributed by atoms with Crippen molar-refractivity contribution < 1.29 is 74.4 Å². The van der Waals surface area contributed by atoms with Crippen molar-refractivity contribution in [2.75, 3.05) is 13.2 Å². The van der Waals surface area contributed by atoms with Gasteiger partial charge in [-0.05, 0) is 29.8 Å². The molecule has 0 spiro atoms. The van der Waals surface area contributed by atoms with Gasteiger partial charge in [0.25, 0.3) is 0 Å². The third-order valence-corrected chi connectivity index (χ3v) is 7.44. The van der Waals surface area contributed by atoms with E-state index in [1.165, 1.54) is 36.4 Å². The zero-order chi connectivity index (χ0) is 30.3. The molecule has 42 heavy (non-hydrogen) atoms. The first kappa shape index (κ1) is 30.4. The normalized spacial score (nSPS) is 36.6. The summed E-state index contributed by atoms with van der Waals surface area (Å²) in [5.41, 5.74) is 0.621. The van der Waals surface area contributed by atoms with Crippen LogP contribution in [-0.2, 0) is 9.47 Å². The maximum Gasteiger partial charge on any atom is 0.229 e. The van der Waals surface area contributed by atoms with Crippen LogP contribution in [0.25, 0.3) is 0 Å². The second-order valence-corrected chi connectivity index (χ2v) is 10.2. The van der Waals surface area contributed by atoms with Crippen LogP contribution in [0.5, 0.6) is 23.0 Å². The summed E-state index contributed by atoms with van der Waals surface area (Å²) in [6, 6.07) is 8.32. The predicted molar refractivity (Wildman–Crippen MR) is 136 cm³/mol. The van der Waals surface area contributed by atoms with Crippen molar-refractivity contribution in [1.82, 2.24) is 0 Å². The molecule has 0 bridgehead atoms. The number of hydrogen-bond donors (Lipinski definition) is 9. The first-order valence-corrected chi connectivity index (χ1v) is 13.1. The van der Waals surface area contributed by atoms with Gasteiger partial charge in [-0.3, -0.25) is 4.79 Å². The van der Waals surface area contributed by atoms with Crippen molar-refractivity contribution in [2.24, 2.45) is 0 Å². The summed E-state index contributed by atoms with van der Waals surface area (Å²) in [4.78, 5) is 12.9. The Balaban J connectivity index is 1.33. The molecule has 15 nitrogen and oxygen atoms in total. The van der Waals surface area contributed by atoms with Crippen LogP contribution in [0.4, 0.5) is 0 Å². The molecule has 5 rings (SSSR count). The molecule has 0 saturated carbocycles. The average Bonchev–Trinajstić information content (AvgIpc) is 2.98. The molecule has 3 aliphatic heterocycles. The molecule has 15 heteroatoms. The quantitative estimate of drug-likeness (QED) is 0.160. The molecule has 11 atom stereocenters. The smallest absolute Gasteiger partial charge is 0.229 e. The van der Waals surface area contributed by atoms with Crippen LogP contribution in [0.2, 0.25) is 0 Å². The second-order valence-electron chi connectivity index (χ2n) is 10.2. The minimum atomic E-state index is -1.72. The first-order chi connectivity index (χ1) is 20.0. The number of Topliss-reactive ketones (excluding diaryl/α,β-unsaturated/α-hetero) is 1. The van der Waals surface area contributed by atoms with Gasteiger partial charge in [-0.25, -0.2) is 0 Å². The molecule has 2 fully saturated rings. The van der Waals surface area contributed by atoms with Crippen molar-refractivity contribution in [3.63, 3.8) is 0 Å². The fourth-order valence-corrected chi connectivity index (χ4v) is 4.98. The number of rotatable bonds is 7. The van der Waals surface area contributed by atoms with E-state index in [-0.39, 0.29) is 40.8 Å². The number of aliphatic hydroxyl groups is 8. The number of hydrogen-bond acceptors (Lipinski definition) is 15. The molecule has 3 aliphatic rings. The molecule has 2 aromatic carbocycles. The molecule has 0 radical (unpaired) electrons. The Kier molecular flexibility index (Phi) is 8.86. The van der Waals surface area contributed by atoms with Crippen LogP contribution < -0.4 is 14.2 Å². The van der Waals surface area contributed by atoms with Gasteiger partial charge in [0.15, 0.2) is 17.3 Å². The van der Waals surface area contributed by atoms with Crippen LogP contribution in [0.1, 0.15) is 28.4 Å². The highest BCUT2D eigenvalue weighted by Gasteiger charge is 2.46. The molecule has 9 N–H and O–H groups in total. The van der Waals surface area contributed by atoms with Gasteiger partial charge < -0.3 is 69.6 Å². The Morgan fingerprint density at radius 1 is 0.738 bits per heavy atom. The topological polar surface area (TPSA) is 245 Å². The third kappa shape index (κ3) is 5.76. The number of ether oxygens (including phenoxy) is 5. The Morgan fingerprint density at radius 2 is 1.33 bits per heavy atom. The number of aliphatic hydroxyl groups excluding tert-OH is 8. The summed E-state index contributed by atoms with van der Waals surface area (Å²) < 4.78 is 27.9. The molecule has 0 aromatic heterocycles. The molecule has 230 valence electrons. The predicted octanol–water partition coefficient (Wildman–Crippen LogP) is -2.54. The van der Waals surface area contributed by atoms with E-state index in [2.05, 4.69) is 0 Å². The third-order valence-electron chi connectivity index (χ3n) is 7.44. The highest BCUT2D eigenvalue weighted by atomic mass is 16.7. The molecule has 10 unspecified atom stereocenters. The monoisotopic (exact) mass is 596 g/mol. The summed E-state index contributed by atoms with van der Waals surface area (Å²) >= 11 is 0. The zero-order valence-electron chi connectivity index (χ0n) is 21.9. The minimum absolute atomic E-state index is 0.0869. The summed E-state index contributed by atoms with van der Waals surface area (Å²) in [6.07, 6.45) is -16.2. The fraction of sp³-hybridized carbons (Fsp3) is 0.519. The number of carbonyl (C=O) groups excluding carboxylic acids is 1. The van der Waals surface area contributed by atoms with E-state index in [0.717, 1.165) is 0 Å². The highest BCUT2D eigenvalue weighted by Crippen LogP contribution is 2.40. The van der Waals surface area contributed by atoms with E-state index in [9.17, 15) is 50.8 Å². The Morgan fingerprint density at radius 3 is 1.93 bits per heavy atom. The van der Waals surface area contributed by atoms with Crippen LogP contribution in [0.15, 0.2) is 36.4 Å². The Labute approximate surface area is 238 Å². The lowest BCUT2D eigenvalue weighted by Gasteiger charge is -2.39. The van der Waals surface area contributed by atoms with Gasteiger partial charge in [0.05, 0.1) is 25.2 Å². The van der Waals surface area contributed by atoms with Gasteiger partial charge in [-0.2, -0.15) is 0 Å². The summed E-state index contributed by atoms with van der Waals surface area (Å²) in [5, 5.41) is 89.7. The largest absolute Gasteiger partial charge is 0.504 e. The van der Waals surface area contributed by atoms with Gasteiger partial charge in [-0.1, -0.05) is 6.07 Å². The lowest BCUT2D eigenvalue weighted by Crippen LogP contribution is -2.60. The number of phenolic OH excluding ortho intramolecular Hbond substituents is 1. The molecule has 0 amide bonds. The summed E-state index contributed by atoms with van der Waals surface area (Å²) in [7, 11) is 0. The van der Waals surface area contributed by atoms with Gasteiger partial charge in [0.1, 0.15) is 66.4 Å². The summed E-state index contributed by atoms with van der Waals surface area (Å²) in [6.45, 7) is -1.31. The van der Waals surface area contributed by atoms with Crippen LogP contribution in [-0.4, -0.2) is 126 Å². The lowest BCUT2D eigenvalue weighted by atomic mass is 9.96. The van der Waals surface area contributed by atoms with Crippen molar-refractivity contribution in [1.29, 1.82) is 0 Å². The average molecular weight is 597 g/mol. The van der Waals surface area contributed by atoms with Crippen molar-refractivity contribution in [2.45, 2.75) is 73.9 Å². The maximum atomic E-state index is 12.9. The number of ketones is 1. The van der Waals surface area contributed by atoms with Crippen LogP contribution in [0.3, 0.4) is 0 Å². The van der Waals surface area contributed by atoms with E-state index in [1.807, 2.05) is 0 Å². The van der Waals surface area contributed by atoms with Crippen molar-refractivity contribution in [3.05, 3.63) is 47.5 Å². The van der Waals surface area contributed by atoms with Crippen LogP contribution >= 0.6 is 0 Å².